The molecule has 4 rings (SSSR count). The maximum atomic E-state index is 13.5. The number of para-hydroxylation sites is 2. The molecule has 1 unspecified atom stereocenters. The molecule has 0 spiro atoms. The lowest BCUT2D eigenvalue weighted by Gasteiger charge is -2.25. The Bertz CT molecular complexity index is 1070. The normalized spacial score (nSPS) is 13.4. The van der Waals surface area contributed by atoms with E-state index in [2.05, 4.69) is 16.7 Å². The van der Waals surface area contributed by atoms with Gasteiger partial charge >= 0.3 is 6.03 Å². The Kier molecular flexibility index (Phi) is 6.32. The van der Waals surface area contributed by atoms with Gasteiger partial charge in [-0.15, -0.1) is 0 Å². The van der Waals surface area contributed by atoms with Gasteiger partial charge in [-0.25, -0.2) is 4.79 Å². The molecule has 3 aromatic carbocycles. The van der Waals surface area contributed by atoms with Crippen molar-refractivity contribution in [2.75, 3.05) is 16.8 Å². The number of urea groups is 1. The molecule has 1 aliphatic rings. The quantitative estimate of drug-likeness (QED) is 0.622. The molecule has 0 saturated carbocycles. The highest BCUT2D eigenvalue weighted by Gasteiger charge is 2.31. The first kappa shape index (κ1) is 20.7. The van der Waals surface area contributed by atoms with E-state index in [4.69, 9.17) is 0 Å². The van der Waals surface area contributed by atoms with E-state index in [1.807, 2.05) is 79.7 Å². The van der Waals surface area contributed by atoms with E-state index in [0.717, 1.165) is 40.9 Å². The van der Waals surface area contributed by atoms with Crippen molar-refractivity contribution in [1.82, 2.24) is 5.32 Å². The molecule has 0 radical (unpaired) electrons. The van der Waals surface area contributed by atoms with E-state index in [1.54, 1.807) is 4.90 Å². The molecule has 2 N–H and O–H groups in total. The summed E-state index contributed by atoms with van der Waals surface area (Å²) >= 11 is 0. The molecule has 0 fully saturated rings. The van der Waals surface area contributed by atoms with Crippen molar-refractivity contribution < 1.29 is 9.59 Å². The summed E-state index contributed by atoms with van der Waals surface area (Å²) in [6.07, 6.45) is 2.07. The second-order valence-corrected chi connectivity index (χ2v) is 7.72. The number of hydrogen-bond donors (Lipinski definition) is 2. The molecule has 5 heteroatoms. The summed E-state index contributed by atoms with van der Waals surface area (Å²) in [7, 11) is 0. The van der Waals surface area contributed by atoms with Gasteiger partial charge < -0.3 is 15.5 Å². The Morgan fingerprint density at radius 2 is 1.65 bits per heavy atom. The van der Waals surface area contributed by atoms with Crippen LogP contribution in [0.2, 0.25) is 0 Å². The number of carbonyl (C=O) groups is 2. The summed E-state index contributed by atoms with van der Waals surface area (Å²) in [5, 5.41) is 5.85. The lowest BCUT2D eigenvalue weighted by Crippen LogP contribution is -2.50. The van der Waals surface area contributed by atoms with E-state index in [1.165, 1.54) is 0 Å². The third-order valence-electron chi connectivity index (χ3n) is 5.69. The molecule has 0 aliphatic carbocycles. The van der Waals surface area contributed by atoms with Gasteiger partial charge in [0.05, 0.1) is 0 Å². The molecule has 0 bridgehead atoms. The van der Waals surface area contributed by atoms with E-state index in [-0.39, 0.29) is 11.9 Å². The van der Waals surface area contributed by atoms with Crippen LogP contribution >= 0.6 is 0 Å². The van der Waals surface area contributed by atoms with Crippen molar-refractivity contribution in [1.29, 1.82) is 0 Å². The largest absolute Gasteiger partial charge is 0.326 e. The third-order valence-corrected chi connectivity index (χ3v) is 5.69. The van der Waals surface area contributed by atoms with Crippen molar-refractivity contribution >= 4 is 23.3 Å². The summed E-state index contributed by atoms with van der Waals surface area (Å²) in [6.45, 7) is 2.68. The zero-order valence-electron chi connectivity index (χ0n) is 17.7. The summed E-state index contributed by atoms with van der Waals surface area (Å²) in [5.41, 5.74) is 4.92. The Hall–Kier alpha value is -3.60. The highest BCUT2D eigenvalue weighted by Crippen LogP contribution is 2.28. The lowest BCUT2D eigenvalue weighted by molar-refractivity contribution is -0.120. The second-order valence-electron chi connectivity index (χ2n) is 7.72. The number of rotatable bonds is 6. The van der Waals surface area contributed by atoms with Gasteiger partial charge in [0, 0.05) is 24.3 Å². The number of amides is 3. The predicted molar refractivity (Wildman–Crippen MR) is 124 cm³/mol. The van der Waals surface area contributed by atoms with Crippen molar-refractivity contribution in [3.05, 3.63) is 95.6 Å². The SMILES string of the molecule is CCc1ccccc1NC(=O)NC(Cc1ccccc1)C(=O)N1CCc2ccccc21. The Morgan fingerprint density at radius 1 is 0.935 bits per heavy atom. The average molecular weight is 414 g/mol. The molecule has 1 atom stereocenters. The maximum absolute atomic E-state index is 13.5. The minimum Gasteiger partial charge on any atom is -0.326 e. The summed E-state index contributed by atoms with van der Waals surface area (Å²) in [6, 6.07) is 24.4. The van der Waals surface area contributed by atoms with Crippen LogP contribution in [0.15, 0.2) is 78.9 Å². The number of nitrogens with one attached hydrogen (secondary N) is 2. The molecule has 3 amide bonds. The number of aryl methyl sites for hydroxylation is 1. The van der Waals surface area contributed by atoms with E-state index >= 15 is 0 Å². The Labute approximate surface area is 183 Å². The third kappa shape index (κ3) is 4.77. The summed E-state index contributed by atoms with van der Waals surface area (Å²) in [4.78, 5) is 28.2. The standard InChI is InChI=1S/C26H27N3O2/c1-2-20-12-6-8-14-22(20)27-26(31)28-23(18-19-10-4-3-5-11-19)25(30)29-17-16-21-13-7-9-15-24(21)29/h3-15,23H,2,16-18H2,1H3,(H2,27,28,31). The van der Waals surface area contributed by atoms with Crippen LogP contribution in [0.1, 0.15) is 23.6 Å². The molecular weight excluding hydrogens is 386 g/mol. The monoisotopic (exact) mass is 413 g/mol. The van der Waals surface area contributed by atoms with Gasteiger partial charge in [0.1, 0.15) is 6.04 Å². The molecule has 1 heterocycles. The van der Waals surface area contributed by atoms with Gasteiger partial charge in [0.15, 0.2) is 0 Å². The molecule has 158 valence electrons. The first-order valence-corrected chi connectivity index (χ1v) is 10.7. The van der Waals surface area contributed by atoms with Gasteiger partial charge in [-0.2, -0.15) is 0 Å². The zero-order chi connectivity index (χ0) is 21.6. The van der Waals surface area contributed by atoms with Crippen molar-refractivity contribution in [2.45, 2.75) is 32.2 Å². The fourth-order valence-corrected chi connectivity index (χ4v) is 4.07. The minimum atomic E-state index is -0.664. The highest BCUT2D eigenvalue weighted by atomic mass is 16.2. The number of benzene rings is 3. The van der Waals surface area contributed by atoms with Gasteiger partial charge in [0.25, 0.3) is 0 Å². The van der Waals surface area contributed by atoms with E-state index in [9.17, 15) is 9.59 Å². The maximum Gasteiger partial charge on any atom is 0.319 e. The van der Waals surface area contributed by atoms with Crippen LogP contribution in [0.5, 0.6) is 0 Å². The number of fused-ring (bicyclic) bond motifs is 1. The Morgan fingerprint density at radius 3 is 2.45 bits per heavy atom. The smallest absolute Gasteiger partial charge is 0.319 e. The predicted octanol–water partition coefficient (Wildman–Crippen LogP) is 4.57. The first-order valence-electron chi connectivity index (χ1n) is 10.7. The Balaban J connectivity index is 1.54. The number of hydrogen-bond acceptors (Lipinski definition) is 2. The van der Waals surface area contributed by atoms with Gasteiger partial charge in [0.2, 0.25) is 5.91 Å². The van der Waals surface area contributed by atoms with Crippen molar-refractivity contribution in [3.63, 3.8) is 0 Å². The minimum absolute atomic E-state index is 0.0901. The van der Waals surface area contributed by atoms with Crippen LogP contribution in [0, 0.1) is 0 Å². The lowest BCUT2D eigenvalue weighted by atomic mass is 10.0. The molecule has 0 saturated heterocycles. The van der Waals surface area contributed by atoms with E-state index < -0.39 is 6.04 Å². The molecule has 5 nitrogen and oxygen atoms in total. The molecular formula is C26H27N3O2. The average Bonchev–Trinajstić information content (AvgIpc) is 3.23. The van der Waals surface area contributed by atoms with Crippen LogP contribution in [0.25, 0.3) is 0 Å². The highest BCUT2D eigenvalue weighted by molar-refractivity contribution is 6.02. The van der Waals surface area contributed by atoms with Crippen molar-refractivity contribution in [3.8, 4) is 0 Å². The van der Waals surface area contributed by atoms with Gasteiger partial charge in [-0.1, -0.05) is 73.7 Å². The number of nitrogens with zero attached hydrogens (tertiary/aromatic N) is 1. The number of anilines is 2. The van der Waals surface area contributed by atoms with Crippen LogP contribution in [0.4, 0.5) is 16.2 Å². The van der Waals surface area contributed by atoms with Crippen LogP contribution < -0.4 is 15.5 Å². The fraction of sp³-hybridized carbons (Fsp3) is 0.231. The van der Waals surface area contributed by atoms with Gasteiger partial charge in [-0.05, 0) is 41.7 Å². The molecule has 3 aromatic rings. The second kappa shape index (κ2) is 9.47. The van der Waals surface area contributed by atoms with Crippen molar-refractivity contribution in [2.24, 2.45) is 0 Å². The van der Waals surface area contributed by atoms with E-state index in [0.29, 0.717) is 13.0 Å². The molecule has 0 aromatic heterocycles. The number of carbonyl (C=O) groups excluding carboxylic acids is 2. The van der Waals surface area contributed by atoms with Crippen LogP contribution in [0.3, 0.4) is 0 Å². The van der Waals surface area contributed by atoms with Gasteiger partial charge in [-0.3, -0.25) is 4.79 Å². The fourth-order valence-electron chi connectivity index (χ4n) is 4.07. The van der Waals surface area contributed by atoms with Crippen LogP contribution in [-0.4, -0.2) is 24.5 Å². The van der Waals surface area contributed by atoms with Crippen LogP contribution in [-0.2, 0) is 24.1 Å². The molecule has 1 aliphatic heterocycles. The summed E-state index contributed by atoms with van der Waals surface area (Å²) < 4.78 is 0. The summed E-state index contributed by atoms with van der Waals surface area (Å²) in [5.74, 6) is -0.0901. The first-order chi connectivity index (χ1) is 15.2. The molecule has 31 heavy (non-hydrogen) atoms. The topological polar surface area (TPSA) is 61.4 Å². The zero-order valence-corrected chi connectivity index (χ0v) is 17.7.